The van der Waals surface area contributed by atoms with Gasteiger partial charge in [0.2, 0.25) is 5.96 Å². The molecule has 4 heteroatoms. The molecule has 0 saturated carbocycles. The van der Waals surface area contributed by atoms with Gasteiger partial charge in [0.15, 0.2) is 0 Å². The van der Waals surface area contributed by atoms with E-state index in [0.717, 1.165) is 19.3 Å². The van der Waals surface area contributed by atoms with E-state index in [1.54, 1.807) is 0 Å². The lowest BCUT2D eigenvalue weighted by Gasteiger charge is -2.10. The van der Waals surface area contributed by atoms with Crippen molar-refractivity contribution >= 4 is 12.2 Å². The first-order chi connectivity index (χ1) is 5.79. The molecule has 0 spiro atoms. The average Bonchev–Trinajstić information content (AvgIpc) is 2.05. The Balaban J connectivity index is 2.35. The summed E-state index contributed by atoms with van der Waals surface area (Å²) in [5.41, 5.74) is 10.2. The lowest BCUT2D eigenvalue weighted by molar-refractivity contribution is 0.626. The van der Waals surface area contributed by atoms with Crippen LogP contribution < -0.4 is 11.5 Å². The predicted octanol–water partition coefficient (Wildman–Crippen LogP) is 0.602. The molecule has 1 unspecified atom stereocenters. The summed E-state index contributed by atoms with van der Waals surface area (Å²) in [6, 6.07) is 0. The molecule has 0 saturated heterocycles. The highest BCUT2D eigenvalue weighted by atomic mass is 15.3. The molecule has 0 fully saturated rings. The van der Waals surface area contributed by atoms with Crippen LogP contribution in [0.4, 0.5) is 0 Å². The lowest BCUT2D eigenvalue weighted by atomic mass is 9.96. The second-order valence-corrected chi connectivity index (χ2v) is 2.83. The van der Waals surface area contributed by atoms with Gasteiger partial charge in [-0.05, 0) is 25.2 Å². The van der Waals surface area contributed by atoms with E-state index < -0.39 is 0 Å². The van der Waals surface area contributed by atoms with Crippen LogP contribution >= 0.6 is 0 Å². The second kappa shape index (κ2) is 4.54. The van der Waals surface area contributed by atoms with Crippen LogP contribution in [0, 0.1) is 5.92 Å². The van der Waals surface area contributed by atoms with Crippen LogP contribution in [-0.2, 0) is 0 Å². The number of allylic oxidation sites excluding steroid dienone is 2. The van der Waals surface area contributed by atoms with Crippen LogP contribution in [0.2, 0.25) is 0 Å². The lowest BCUT2D eigenvalue weighted by Crippen LogP contribution is -2.21. The molecule has 1 atom stereocenters. The summed E-state index contributed by atoms with van der Waals surface area (Å²) >= 11 is 0. The molecule has 0 aliphatic heterocycles. The van der Waals surface area contributed by atoms with Gasteiger partial charge in [0.05, 0.1) is 0 Å². The molecule has 0 aromatic heterocycles. The number of hydrogen-bond donors (Lipinski definition) is 2. The summed E-state index contributed by atoms with van der Waals surface area (Å²) in [5.74, 6) is 0.510. The van der Waals surface area contributed by atoms with Gasteiger partial charge in [-0.3, -0.25) is 0 Å². The third-order valence-electron chi connectivity index (χ3n) is 1.76. The van der Waals surface area contributed by atoms with Gasteiger partial charge in [0, 0.05) is 6.21 Å². The van der Waals surface area contributed by atoms with Crippen molar-refractivity contribution in [3.63, 3.8) is 0 Å². The standard InChI is InChI=1S/C8H14N4/c9-8(10)12-11-6-7-4-2-1-3-5-7/h1-2,6-7H,3-5H2,(H4,9,10,12)/b11-6-. The van der Waals surface area contributed by atoms with E-state index in [0.29, 0.717) is 5.92 Å². The summed E-state index contributed by atoms with van der Waals surface area (Å²) in [5, 5.41) is 7.31. The Bertz CT molecular complexity index is 213. The number of nitrogens with two attached hydrogens (primary N) is 2. The largest absolute Gasteiger partial charge is 0.369 e. The molecule has 0 heterocycles. The van der Waals surface area contributed by atoms with Crippen LogP contribution in [0.15, 0.2) is 22.4 Å². The third kappa shape index (κ3) is 3.18. The normalized spacial score (nSPS) is 22.8. The maximum absolute atomic E-state index is 5.11. The molecular formula is C8H14N4. The molecule has 4 nitrogen and oxygen atoms in total. The highest BCUT2D eigenvalue weighted by Gasteiger charge is 2.05. The topological polar surface area (TPSA) is 76.8 Å². The minimum atomic E-state index is 0.0117. The Labute approximate surface area is 72.0 Å². The minimum Gasteiger partial charge on any atom is -0.369 e. The van der Waals surface area contributed by atoms with Crippen molar-refractivity contribution in [3.8, 4) is 0 Å². The number of guanidine groups is 1. The van der Waals surface area contributed by atoms with E-state index in [1.165, 1.54) is 0 Å². The number of nitrogens with zero attached hydrogens (tertiary/aromatic N) is 2. The monoisotopic (exact) mass is 166 g/mol. The van der Waals surface area contributed by atoms with Crippen molar-refractivity contribution in [2.45, 2.75) is 19.3 Å². The Kier molecular flexibility index (Phi) is 3.32. The smallest absolute Gasteiger partial charge is 0.211 e. The van der Waals surface area contributed by atoms with Crippen molar-refractivity contribution in [3.05, 3.63) is 12.2 Å². The van der Waals surface area contributed by atoms with Crippen LogP contribution in [0.25, 0.3) is 0 Å². The molecule has 1 aliphatic carbocycles. The fourth-order valence-electron chi connectivity index (χ4n) is 1.15. The Morgan fingerprint density at radius 2 is 2.25 bits per heavy atom. The highest BCUT2D eigenvalue weighted by Crippen LogP contribution is 2.15. The second-order valence-electron chi connectivity index (χ2n) is 2.83. The average molecular weight is 166 g/mol. The number of rotatable bonds is 2. The molecule has 66 valence electrons. The molecule has 0 bridgehead atoms. The van der Waals surface area contributed by atoms with Gasteiger partial charge in [-0.15, -0.1) is 5.10 Å². The summed E-state index contributed by atoms with van der Waals surface area (Å²) in [7, 11) is 0. The predicted molar refractivity (Wildman–Crippen MR) is 50.8 cm³/mol. The molecule has 0 radical (unpaired) electrons. The summed E-state index contributed by atoms with van der Waals surface area (Å²) in [4.78, 5) is 0. The molecule has 0 aromatic carbocycles. The Hall–Kier alpha value is -1.32. The zero-order valence-corrected chi connectivity index (χ0v) is 6.98. The summed E-state index contributed by atoms with van der Waals surface area (Å²) in [6.07, 6.45) is 9.46. The van der Waals surface area contributed by atoms with E-state index in [4.69, 9.17) is 11.5 Å². The Morgan fingerprint density at radius 1 is 1.42 bits per heavy atom. The van der Waals surface area contributed by atoms with Gasteiger partial charge >= 0.3 is 0 Å². The van der Waals surface area contributed by atoms with E-state index >= 15 is 0 Å². The molecule has 1 rings (SSSR count). The molecule has 0 amide bonds. The van der Waals surface area contributed by atoms with Crippen LogP contribution in [0.3, 0.4) is 0 Å². The Morgan fingerprint density at radius 3 is 2.83 bits per heavy atom. The van der Waals surface area contributed by atoms with Crippen molar-refractivity contribution in [1.82, 2.24) is 0 Å². The van der Waals surface area contributed by atoms with Crippen LogP contribution in [0.1, 0.15) is 19.3 Å². The first-order valence-electron chi connectivity index (χ1n) is 4.06. The van der Waals surface area contributed by atoms with Gasteiger partial charge in [-0.1, -0.05) is 12.2 Å². The fraction of sp³-hybridized carbons (Fsp3) is 0.500. The van der Waals surface area contributed by atoms with E-state index in [9.17, 15) is 0 Å². The van der Waals surface area contributed by atoms with Gasteiger partial charge in [0.25, 0.3) is 0 Å². The van der Waals surface area contributed by atoms with Gasteiger partial charge in [0.1, 0.15) is 0 Å². The minimum absolute atomic E-state index is 0.0117. The van der Waals surface area contributed by atoms with E-state index in [1.807, 2.05) is 6.21 Å². The van der Waals surface area contributed by atoms with Gasteiger partial charge in [-0.2, -0.15) is 5.10 Å². The van der Waals surface area contributed by atoms with E-state index in [2.05, 4.69) is 22.4 Å². The number of hydrogen-bond acceptors (Lipinski definition) is 2. The van der Waals surface area contributed by atoms with Gasteiger partial charge < -0.3 is 11.5 Å². The highest BCUT2D eigenvalue weighted by molar-refractivity contribution is 5.76. The molecular weight excluding hydrogens is 152 g/mol. The van der Waals surface area contributed by atoms with E-state index in [-0.39, 0.29) is 5.96 Å². The molecule has 4 N–H and O–H groups in total. The molecule has 0 aromatic rings. The fourth-order valence-corrected chi connectivity index (χ4v) is 1.15. The zero-order valence-electron chi connectivity index (χ0n) is 6.98. The van der Waals surface area contributed by atoms with Crippen molar-refractivity contribution < 1.29 is 0 Å². The maximum Gasteiger partial charge on any atom is 0.211 e. The van der Waals surface area contributed by atoms with Crippen molar-refractivity contribution in [2.24, 2.45) is 27.6 Å². The SMILES string of the molecule is NC(N)=N/N=C\C1CC=CCC1. The summed E-state index contributed by atoms with van der Waals surface area (Å²) < 4.78 is 0. The van der Waals surface area contributed by atoms with Crippen LogP contribution in [-0.4, -0.2) is 12.2 Å². The van der Waals surface area contributed by atoms with Crippen molar-refractivity contribution in [2.75, 3.05) is 0 Å². The maximum atomic E-state index is 5.11. The summed E-state index contributed by atoms with van der Waals surface area (Å²) in [6.45, 7) is 0. The first-order valence-corrected chi connectivity index (χ1v) is 4.06. The zero-order chi connectivity index (χ0) is 8.81. The van der Waals surface area contributed by atoms with Gasteiger partial charge in [-0.25, -0.2) is 0 Å². The molecule has 1 aliphatic rings. The third-order valence-corrected chi connectivity index (χ3v) is 1.76. The molecule has 12 heavy (non-hydrogen) atoms. The van der Waals surface area contributed by atoms with Crippen LogP contribution in [0.5, 0.6) is 0 Å². The quantitative estimate of drug-likeness (QED) is 0.273. The first kappa shape index (κ1) is 8.77. The van der Waals surface area contributed by atoms with Crippen molar-refractivity contribution in [1.29, 1.82) is 0 Å².